The summed E-state index contributed by atoms with van der Waals surface area (Å²) in [6.45, 7) is 4.03. The molecule has 1 aliphatic carbocycles. The minimum absolute atomic E-state index is 0.0746. The quantitative estimate of drug-likeness (QED) is 0.523. The minimum atomic E-state index is -0.235. The molecule has 1 aliphatic rings. The van der Waals surface area contributed by atoms with E-state index in [1.54, 1.807) is 12.4 Å². The number of furan rings is 1. The summed E-state index contributed by atoms with van der Waals surface area (Å²) in [5.41, 5.74) is 3.60. The lowest BCUT2D eigenvalue weighted by Crippen LogP contribution is -2.20. The molecule has 4 aromatic rings. The Labute approximate surface area is 174 Å². The first-order valence-corrected chi connectivity index (χ1v) is 10.4. The second-order valence-electron chi connectivity index (χ2n) is 8.03. The molecule has 1 amide bonds. The molecule has 0 fully saturated rings. The van der Waals surface area contributed by atoms with Crippen LogP contribution in [0.3, 0.4) is 0 Å². The van der Waals surface area contributed by atoms with Gasteiger partial charge in [-0.15, -0.1) is 0 Å². The van der Waals surface area contributed by atoms with Gasteiger partial charge in [0.25, 0.3) is 5.91 Å². The van der Waals surface area contributed by atoms with Crippen molar-refractivity contribution in [3.63, 3.8) is 0 Å². The molecular weight excluding hydrogens is 380 g/mol. The number of carbonyl (C=O) groups is 1. The highest BCUT2D eigenvalue weighted by molar-refractivity contribution is 5.93. The molecule has 0 aliphatic heterocycles. The van der Waals surface area contributed by atoms with E-state index in [2.05, 4.69) is 29.2 Å². The van der Waals surface area contributed by atoms with Crippen molar-refractivity contribution in [2.75, 3.05) is 11.9 Å². The maximum Gasteiger partial charge on any atom is 0.262 e. The largest absolute Gasteiger partial charge is 0.484 e. The molecule has 7 nitrogen and oxygen atoms in total. The third-order valence-electron chi connectivity index (χ3n) is 5.50. The van der Waals surface area contributed by atoms with Crippen molar-refractivity contribution in [3.05, 3.63) is 48.0 Å². The van der Waals surface area contributed by atoms with Crippen molar-refractivity contribution in [1.29, 1.82) is 0 Å². The third-order valence-corrected chi connectivity index (χ3v) is 5.50. The van der Waals surface area contributed by atoms with Gasteiger partial charge in [0.15, 0.2) is 12.3 Å². The van der Waals surface area contributed by atoms with Crippen LogP contribution in [0.15, 0.2) is 41.1 Å². The zero-order chi connectivity index (χ0) is 20.7. The van der Waals surface area contributed by atoms with Crippen molar-refractivity contribution >= 4 is 33.6 Å². The number of rotatable bonds is 5. The van der Waals surface area contributed by atoms with E-state index in [0.29, 0.717) is 11.4 Å². The second kappa shape index (κ2) is 7.48. The number of fused-ring (bicyclic) bond motifs is 4. The van der Waals surface area contributed by atoms with Crippen molar-refractivity contribution in [2.24, 2.45) is 0 Å². The van der Waals surface area contributed by atoms with E-state index in [-0.39, 0.29) is 18.6 Å². The monoisotopic (exact) mass is 404 g/mol. The Morgan fingerprint density at radius 3 is 2.97 bits per heavy atom. The Morgan fingerprint density at radius 2 is 2.10 bits per heavy atom. The van der Waals surface area contributed by atoms with Gasteiger partial charge in [-0.2, -0.15) is 5.10 Å². The predicted molar refractivity (Wildman–Crippen MR) is 115 cm³/mol. The van der Waals surface area contributed by atoms with Crippen molar-refractivity contribution in [2.45, 2.75) is 45.6 Å². The summed E-state index contributed by atoms with van der Waals surface area (Å²) in [6, 6.07) is 7.84. The molecule has 0 saturated carbocycles. The van der Waals surface area contributed by atoms with Gasteiger partial charge in [-0.1, -0.05) is 0 Å². The van der Waals surface area contributed by atoms with Gasteiger partial charge in [0.05, 0.1) is 18.1 Å². The number of aryl methyl sites for hydroxylation is 2. The average Bonchev–Trinajstić information content (AvgIpc) is 3.33. The molecule has 154 valence electrons. The van der Waals surface area contributed by atoms with E-state index in [1.807, 2.05) is 28.9 Å². The molecule has 1 N–H and O–H groups in total. The number of hydrogen-bond acceptors (Lipinski definition) is 5. The zero-order valence-electron chi connectivity index (χ0n) is 17.1. The number of pyridine rings is 1. The third kappa shape index (κ3) is 3.40. The fraction of sp³-hybridized carbons (Fsp3) is 0.348. The van der Waals surface area contributed by atoms with Crippen LogP contribution in [0.25, 0.3) is 22.0 Å². The van der Waals surface area contributed by atoms with Gasteiger partial charge in [-0.05, 0) is 57.4 Å². The highest BCUT2D eigenvalue weighted by atomic mass is 16.5. The van der Waals surface area contributed by atoms with E-state index in [0.717, 1.165) is 40.6 Å². The molecule has 0 radical (unpaired) electrons. The van der Waals surface area contributed by atoms with Crippen LogP contribution >= 0.6 is 0 Å². The van der Waals surface area contributed by atoms with Gasteiger partial charge < -0.3 is 14.5 Å². The van der Waals surface area contributed by atoms with Crippen LogP contribution in [-0.2, 0) is 17.6 Å². The molecule has 3 aromatic heterocycles. The summed E-state index contributed by atoms with van der Waals surface area (Å²) < 4.78 is 13.5. The summed E-state index contributed by atoms with van der Waals surface area (Å²) in [7, 11) is 0. The number of anilines is 1. The summed E-state index contributed by atoms with van der Waals surface area (Å²) in [6.07, 6.45) is 7.80. The van der Waals surface area contributed by atoms with E-state index in [9.17, 15) is 4.79 Å². The molecule has 3 heterocycles. The standard InChI is InChI=1S/C23H24N4O3/c1-14(2)27-23-15(11-25-27)9-16(12-24-23)26-22(28)13-29-17-7-8-21-19(10-17)18-5-3-4-6-20(18)30-21/h7-12,14H,3-6,13H2,1-2H3,(H,26,28). The highest BCUT2D eigenvalue weighted by Gasteiger charge is 2.18. The van der Waals surface area contributed by atoms with E-state index in [1.165, 1.54) is 18.4 Å². The predicted octanol–water partition coefficient (Wildman–Crippen LogP) is 4.65. The lowest BCUT2D eigenvalue weighted by molar-refractivity contribution is -0.118. The average molecular weight is 404 g/mol. The molecule has 5 rings (SSSR count). The fourth-order valence-corrected chi connectivity index (χ4v) is 4.06. The van der Waals surface area contributed by atoms with Crippen LogP contribution < -0.4 is 10.1 Å². The van der Waals surface area contributed by atoms with Crippen LogP contribution in [-0.4, -0.2) is 27.3 Å². The summed E-state index contributed by atoms with van der Waals surface area (Å²) in [5.74, 6) is 1.52. The topological polar surface area (TPSA) is 82.2 Å². The number of nitrogens with one attached hydrogen (secondary N) is 1. The van der Waals surface area contributed by atoms with Gasteiger partial charge in [-0.25, -0.2) is 9.67 Å². The van der Waals surface area contributed by atoms with Crippen molar-refractivity contribution in [3.8, 4) is 5.75 Å². The second-order valence-corrected chi connectivity index (χ2v) is 8.03. The van der Waals surface area contributed by atoms with Crippen LogP contribution in [0, 0.1) is 0 Å². The molecule has 30 heavy (non-hydrogen) atoms. The molecule has 0 saturated heterocycles. The fourth-order valence-electron chi connectivity index (χ4n) is 4.06. The van der Waals surface area contributed by atoms with Gasteiger partial charge in [0.2, 0.25) is 0 Å². The molecule has 0 atom stereocenters. The molecule has 0 bridgehead atoms. The minimum Gasteiger partial charge on any atom is -0.484 e. The Morgan fingerprint density at radius 1 is 1.23 bits per heavy atom. The van der Waals surface area contributed by atoms with Crippen LogP contribution in [0.1, 0.15) is 44.1 Å². The maximum atomic E-state index is 12.4. The summed E-state index contributed by atoms with van der Waals surface area (Å²) >= 11 is 0. The lowest BCUT2D eigenvalue weighted by Gasteiger charge is -2.10. The first kappa shape index (κ1) is 18.7. The Hall–Kier alpha value is -3.35. The van der Waals surface area contributed by atoms with E-state index >= 15 is 0 Å². The maximum absolute atomic E-state index is 12.4. The smallest absolute Gasteiger partial charge is 0.262 e. The number of nitrogens with zero attached hydrogens (tertiary/aromatic N) is 3. The Balaban J connectivity index is 1.26. The lowest BCUT2D eigenvalue weighted by atomic mass is 9.96. The van der Waals surface area contributed by atoms with Gasteiger partial charge >= 0.3 is 0 Å². The molecule has 7 heteroatoms. The molecule has 0 spiro atoms. The highest BCUT2D eigenvalue weighted by Crippen LogP contribution is 2.34. The van der Waals surface area contributed by atoms with Gasteiger partial charge in [0, 0.05) is 28.8 Å². The summed E-state index contributed by atoms with van der Waals surface area (Å²) in [4.78, 5) is 16.8. The van der Waals surface area contributed by atoms with E-state index < -0.39 is 0 Å². The van der Waals surface area contributed by atoms with Crippen LogP contribution in [0.5, 0.6) is 5.75 Å². The summed E-state index contributed by atoms with van der Waals surface area (Å²) in [5, 5.41) is 9.18. The van der Waals surface area contributed by atoms with E-state index in [4.69, 9.17) is 9.15 Å². The number of aromatic nitrogens is 3. The molecule has 0 unspecified atom stereocenters. The van der Waals surface area contributed by atoms with Crippen molar-refractivity contribution in [1.82, 2.24) is 14.8 Å². The Kier molecular flexibility index (Phi) is 4.65. The zero-order valence-corrected chi connectivity index (χ0v) is 17.1. The first-order valence-electron chi connectivity index (χ1n) is 10.4. The van der Waals surface area contributed by atoms with Crippen LogP contribution in [0.2, 0.25) is 0 Å². The number of amides is 1. The van der Waals surface area contributed by atoms with Crippen LogP contribution in [0.4, 0.5) is 5.69 Å². The molecule has 1 aromatic carbocycles. The normalized spacial score (nSPS) is 13.7. The number of carbonyl (C=O) groups excluding carboxylic acids is 1. The van der Waals surface area contributed by atoms with Crippen molar-refractivity contribution < 1.29 is 13.9 Å². The van der Waals surface area contributed by atoms with Gasteiger partial charge in [0.1, 0.15) is 17.1 Å². The first-order chi connectivity index (χ1) is 14.6. The Bertz CT molecular complexity index is 1240. The number of benzene rings is 1. The number of ether oxygens (including phenoxy) is 1. The SMILES string of the molecule is CC(C)n1ncc2cc(NC(=O)COc3ccc4oc5c(c4c3)CCCC5)cnc21. The van der Waals surface area contributed by atoms with Gasteiger partial charge in [-0.3, -0.25) is 4.79 Å². The molecular formula is C23H24N4O3. The number of hydrogen-bond donors (Lipinski definition) is 1.